The van der Waals surface area contributed by atoms with Crippen LogP contribution in [0.5, 0.6) is 0 Å². The average molecular weight is 308 g/mol. The lowest BCUT2D eigenvalue weighted by molar-refractivity contribution is -0.137. The molecule has 4 rings (SSSR count). The van der Waals surface area contributed by atoms with Gasteiger partial charge in [0.15, 0.2) is 5.79 Å². The standard InChI is InChI=1S/C14H20N4O2S/c1-13(2,3)10-8-18-11(15-10)21-12(16-18)17-5-4-14(9-17)19-6-7-20-14/h8H,4-7,9H2,1-3H3. The summed E-state index contributed by atoms with van der Waals surface area (Å²) in [7, 11) is 0. The maximum atomic E-state index is 5.76. The minimum Gasteiger partial charge on any atom is -0.346 e. The van der Waals surface area contributed by atoms with Crippen LogP contribution in [0.3, 0.4) is 0 Å². The second kappa shape index (κ2) is 4.41. The molecule has 0 aromatic carbocycles. The molecule has 4 heterocycles. The van der Waals surface area contributed by atoms with Crippen molar-refractivity contribution in [2.45, 2.75) is 38.4 Å². The second-order valence-electron chi connectivity index (χ2n) is 6.77. The quantitative estimate of drug-likeness (QED) is 0.807. The summed E-state index contributed by atoms with van der Waals surface area (Å²) in [5, 5.41) is 5.67. The summed E-state index contributed by atoms with van der Waals surface area (Å²) < 4.78 is 13.4. The molecular formula is C14H20N4O2S. The number of imidazole rings is 1. The topological polar surface area (TPSA) is 51.9 Å². The number of hydrogen-bond donors (Lipinski definition) is 0. The zero-order valence-electron chi connectivity index (χ0n) is 12.6. The number of anilines is 1. The average Bonchev–Trinajstić information content (AvgIpc) is 3.13. The molecule has 0 saturated carbocycles. The van der Waals surface area contributed by atoms with Gasteiger partial charge in [-0.05, 0) is 0 Å². The van der Waals surface area contributed by atoms with Gasteiger partial charge >= 0.3 is 0 Å². The monoisotopic (exact) mass is 308 g/mol. The van der Waals surface area contributed by atoms with Crippen molar-refractivity contribution in [2.75, 3.05) is 31.2 Å². The van der Waals surface area contributed by atoms with Crippen molar-refractivity contribution in [1.29, 1.82) is 0 Å². The highest BCUT2D eigenvalue weighted by Crippen LogP contribution is 2.35. The molecule has 2 saturated heterocycles. The molecule has 0 amide bonds. The predicted octanol–water partition coefficient (Wildman–Crippen LogP) is 2.04. The van der Waals surface area contributed by atoms with Gasteiger partial charge in [-0.25, -0.2) is 9.50 Å². The molecule has 1 spiro atoms. The van der Waals surface area contributed by atoms with Gasteiger partial charge in [0.05, 0.1) is 31.6 Å². The molecule has 0 bridgehead atoms. The third kappa shape index (κ3) is 2.23. The highest BCUT2D eigenvalue weighted by molar-refractivity contribution is 7.20. The molecular weight excluding hydrogens is 288 g/mol. The molecule has 7 heteroatoms. The number of hydrogen-bond acceptors (Lipinski definition) is 6. The van der Waals surface area contributed by atoms with Gasteiger partial charge in [-0.1, -0.05) is 32.1 Å². The molecule has 2 aliphatic heterocycles. The van der Waals surface area contributed by atoms with Gasteiger partial charge in [-0.2, -0.15) is 0 Å². The first-order valence-corrected chi connectivity index (χ1v) is 8.16. The second-order valence-corrected chi connectivity index (χ2v) is 7.70. The third-order valence-corrected chi connectivity index (χ3v) is 5.06. The molecule has 2 aliphatic rings. The molecule has 21 heavy (non-hydrogen) atoms. The number of rotatable bonds is 1. The fraction of sp³-hybridized carbons (Fsp3) is 0.714. The van der Waals surface area contributed by atoms with Crippen molar-refractivity contribution in [3.8, 4) is 0 Å². The Labute approximate surface area is 127 Å². The molecule has 0 N–H and O–H groups in total. The van der Waals surface area contributed by atoms with Gasteiger partial charge in [0.2, 0.25) is 10.1 Å². The maximum Gasteiger partial charge on any atom is 0.214 e. The first-order chi connectivity index (χ1) is 9.95. The van der Waals surface area contributed by atoms with E-state index in [0.29, 0.717) is 13.2 Å². The Hall–Kier alpha value is -1.18. The number of ether oxygens (including phenoxy) is 2. The van der Waals surface area contributed by atoms with E-state index in [4.69, 9.17) is 14.5 Å². The van der Waals surface area contributed by atoms with Gasteiger partial charge in [0, 0.05) is 18.4 Å². The zero-order valence-corrected chi connectivity index (χ0v) is 13.4. The Morgan fingerprint density at radius 3 is 2.71 bits per heavy atom. The van der Waals surface area contributed by atoms with Crippen LogP contribution in [0.1, 0.15) is 32.9 Å². The first-order valence-electron chi connectivity index (χ1n) is 7.35. The van der Waals surface area contributed by atoms with Crippen LogP contribution in [0.15, 0.2) is 6.20 Å². The Balaban J connectivity index is 1.59. The van der Waals surface area contributed by atoms with Crippen LogP contribution in [0, 0.1) is 0 Å². The molecule has 0 aliphatic carbocycles. The SMILES string of the molecule is CC(C)(C)c1cn2nc(N3CCC4(C3)OCCO4)sc2n1. The van der Waals surface area contributed by atoms with E-state index in [0.717, 1.165) is 35.3 Å². The van der Waals surface area contributed by atoms with E-state index in [1.807, 2.05) is 10.7 Å². The minimum absolute atomic E-state index is 0.0524. The molecule has 0 atom stereocenters. The Morgan fingerprint density at radius 2 is 2.05 bits per heavy atom. The van der Waals surface area contributed by atoms with Crippen molar-refractivity contribution >= 4 is 21.4 Å². The lowest BCUT2D eigenvalue weighted by Gasteiger charge is -2.21. The minimum atomic E-state index is -0.398. The maximum absolute atomic E-state index is 5.76. The molecule has 114 valence electrons. The summed E-state index contributed by atoms with van der Waals surface area (Å²) in [4.78, 5) is 7.88. The fourth-order valence-electron chi connectivity index (χ4n) is 2.83. The van der Waals surface area contributed by atoms with Crippen molar-refractivity contribution in [3.63, 3.8) is 0 Å². The molecule has 0 unspecified atom stereocenters. The van der Waals surface area contributed by atoms with Crippen molar-refractivity contribution in [2.24, 2.45) is 0 Å². The van der Waals surface area contributed by atoms with E-state index in [1.165, 1.54) is 0 Å². The van der Waals surface area contributed by atoms with Crippen molar-refractivity contribution in [1.82, 2.24) is 14.6 Å². The molecule has 2 aromatic heterocycles. The summed E-state index contributed by atoms with van der Waals surface area (Å²) in [5.74, 6) is -0.398. The molecule has 6 nitrogen and oxygen atoms in total. The predicted molar refractivity (Wildman–Crippen MR) is 81.0 cm³/mol. The summed E-state index contributed by atoms with van der Waals surface area (Å²) >= 11 is 1.63. The number of fused-ring (bicyclic) bond motifs is 1. The fourth-order valence-corrected chi connectivity index (χ4v) is 3.74. The van der Waals surface area contributed by atoms with Gasteiger partial charge in [0.25, 0.3) is 0 Å². The van der Waals surface area contributed by atoms with Gasteiger partial charge in [-0.3, -0.25) is 0 Å². The van der Waals surface area contributed by atoms with Crippen LogP contribution in [0.25, 0.3) is 4.96 Å². The van der Waals surface area contributed by atoms with Crippen molar-refractivity contribution < 1.29 is 9.47 Å². The smallest absolute Gasteiger partial charge is 0.214 e. The number of aromatic nitrogens is 3. The van der Waals surface area contributed by atoms with Gasteiger partial charge in [0.1, 0.15) is 0 Å². The van der Waals surface area contributed by atoms with Crippen LogP contribution in [-0.4, -0.2) is 46.7 Å². The molecule has 0 radical (unpaired) electrons. The van der Waals surface area contributed by atoms with Gasteiger partial charge in [-0.15, -0.1) is 5.10 Å². The Bertz CT molecular complexity index is 635. The Morgan fingerprint density at radius 1 is 1.29 bits per heavy atom. The van der Waals surface area contributed by atoms with E-state index < -0.39 is 5.79 Å². The van der Waals surface area contributed by atoms with Crippen LogP contribution in [0.4, 0.5) is 5.13 Å². The highest BCUT2D eigenvalue weighted by Gasteiger charge is 2.44. The van der Waals surface area contributed by atoms with Crippen molar-refractivity contribution in [3.05, 3.63) is 11.9 Å². The third-order valence-electron chi connectivity index (χ3n) is 4.08. The lowest BCUT2D eigenvalue weighted by atomic mass is 9.93. The normalized spacial score (nSPS) is 22.0. The largest absolute Gasteiger partial charge is 0.346 e. The number of nitrogens with zero attached hydrogens (tertiary/aromatic N) is 4. The van der Waals surface area contributed by atoms with E-state index >= 15 is 0 Å². The molecule has 2 aromatic rings. The van der Waals surface area contributed by atoms with Crippen LogP contribution in [0.2, 0.25) is 0 Å². The van der Waals surface area contributed by atoms with E-state index in [9.17, 15) is 0 Å². The van der Waals surface area contributed by atoms with Gasteiger partial charge < -0.3 is 14.4 Å². The lowest BCUT2D eigenvalue weighted by Crippen LogP contribution is -2.34. The van der Waals surface area contributed by atoms with Crippen LogP contribution >= 0.6 is 11.3 Å². The van der Waals surface area contributed by atoms with Crippen LogP contribution in [-0.2, 0) is 14.9 Å². The van der Waals surface area contributed by atoms with E-state index in [1.54, 1.807) is 11.3 Å². The summed E-state index contributed by atoms with van der Waals surface area (Å²) in [6.07, 6.45) is 2.94. The summed E-state index contributed by atoms with van der Waals surface area (Å²) in [6, 6.07) is 0. The zero-order chi connectivity index (χ0) is 14.7. The van der Waals surface area contributed by atoms with E-state index in [-0.39, 0.29) is 5.41 Å². The summed E-state index contributed by atoms with van der Waals surface area (Å²) in [5.41, 5.74) is 1.13. The molecule has 2 fully saturated rings. The highest BCUT2D eigenvalue weighted by atomic mass is 32.1. The first kappa shape index (κ1) is 13.5. The van der Waals surface area contributed by atoms with Crippen LogP contribution < -0.4 is 4.90 Å². The summed E-state index contributed by atoms with van der Waals surface area (Å²) in [6.45, 7) is 9.57. The van der Waals surface area contributed by atoms with E-state index in [2.05, 4.69) is 30.8 Å². The Kier molecular flexibility index (Phi) is 2.83.